The fraction of sp³-hybridized carbons (Fsp3) is 0.333. The second-order valence-electron chi connectivity index (χ2n) is 5.34. The minimum Gasteiger partial charge on any atom is -0.0651 e. The topological polar surface area (TPSA) is 0 Å². The van der Waals surface area contributed by atoms with E-state index in [0.29, 0.717) is 0 Å². The van der Waals surface area contributed by atoms with Crippen LogP contribution in [0.1, 0.15) is 37.7 Å². The molecule has 1 aliphatic rings. The molecule has 0 spiro atoms. The van der Waals surface area contributed by atoms with Crippen molar-refractivity contribution < 1.29 is 0 Å². The molecule has 2 atom stereocenters. The van der Waals surface area contributed by atoms with Crippen LogP contribution in [0.25, 0.3) is 11.1 Å². The van der Waals surface area contributed by atoms with E-state index in [1.807, 2.05) is 0 Å². The Morgan fingerprint density at radius 2 is 1.50 bits per heavy atom. The lowest BCUT2D eigenvalue weighted by Crippen LogP contribution is -2.22. The predicted octanol–water partition coefficient (Wildman–Crippen LogP) is 5.26. The molecule has 2 aromatic rings. The molecule has 0 amide bonds. The van der Waals surface area contributed by atoms with Crippen LogP contribution in [0.3, 0.4) is 0 Å². The summed E-state index contributed by atoms with van der Waals surface area (Å²) in [5.41, 5.74) is 4.17. The smallest absolute Gasteiger partial charge is 0.0134 e. The standard InChI is InChI=1S/C18H20/c1-2-14-12-13-18(14)17-10-8-16(9-11-17)15-6-4-3-5-7-15/h3-11,14,18H,2,12-13H2,1H3/t14-,18+/m0/s1. The van der Waals surface area contributed by atoms with Crippen LogP contribution in [0, 0.1) is 5.92 Å². The first kappa shape index (κ1) is 11.5. The summed E-state index contributed by atoms with van der Waals surface area (Å²) >= 11 is 0. The maximum Gasteiger partial charge on any atom is -0.0134 e. The van der Waals surface area contributed by atoms with E-state index < -0.39 is 0 Å². The van der Waals surface area contributed by atoms with Gasteiger partial charge in [-0.2, -0.15) is 0 Å². The molecule has 18 heavy (non-hydrogen) atoms. The number of benzene rings is 2. The van der Waals surface area contributed by atoms with Crippen LogP contribution in [0.4, 0.5) is 0 Å². The van der Waals surface area contributed by atoms with Crippen molar-refractivity contribution in [3.05, 3.63) is 60.2 Å². The molecule has 0 aromatic heterocycles. The number of hydrogen-bond donors (Lipinski definition) is 0. The number of hydrogen-bond acceptors (Lipinski definition) is 0. The van der Waals surface area contributed by atoms with Crippen LogP contribution in [-0.2, 0) is 0 Å². The molecular formula is C18H20. The van der Waals surface area contributed by atoms with E-state index in [2.05, 4.69) is 61.5 Å². The van der Waals surface area contributed by atoms with Crippen molar-refractivity contribution in [1.82, 2.24) is 0 Å². The Labute approximate surface area is 110 Å². The molecule has 3 rings (SSSR count). The second-order valence-corrected chi connectivity index (χ2v) is 5.34. The van der Waals surface area contributed by atoms with Crippen LogP contribution in [0.15, 0.2) is 54.6 Å². The monoisotopic (exact) mass is 236 g/mol. The van der Waals surface area contributed by atoms with Gasteiger partial charge >= 0.3 is 0 Å². The minimum atomic E-state index is 0.819. The molecule has 92 valence electrons. The van der Waals surface area contributed by atoms with Crippen LogP contribution in [0.2, 0.25) is 0 Å². The zero-order valence-corrected chi connectivity index (χ0v) is 11.0. The van der Waals surface area contributed by atoms with E-state index in [4.69, 9.17) is 0 Å². The third-order valence-corrected chi connectivity index (χ3v) is 4.39. The quantitative estimate of drug-likeness (QED) is 0.682. The van der Waals surface area contributed by atoms with E-state index in [1.165, 1.54) is 36.0 Å². The van der Waals surface area contributed by atoms with E-state index in [-0.39, 0.29) is 0 Å². The highest BCUT2D eigenvalue weighted by molar-refractivity contribution is 5.63. The summed E-state index contributed by atoms with van der Waals surface area (Å²) < 4.78 is 0. The Bertz CT molecular complexity index is 493. The molecule has 1 fully saturated rings. The Kier molecular flexibility index (Phi) is 3.19. The maximum atomic E-state index is 2.33. The molecule has 0 heterocycles. The third kappa shape index (κ3) is 2.08. The van der Waals surface area contributed by atoms with Gasteiger partial charge in [-0.25, -0.2) is 0 Å². The third-order valence-electron chi connectivity index (χ3n) is 4.39. The van der Waals surface area contributed by atoms with Gasteiger partial charge in [0.2, 0.25) is 0 Å². The Hall–Kier alpha value is -1.56. The van der Waals surface area contributed by atoms with Crippen molar-refractivity contribution in [3.63, 3.8) is 0 Å². The van der Waals surface area contributed by atoms with Gasteiger partial charge in [-0.3, -0.25) is 0 Å². The average molecular weight is 236 g/mol. The first-order chi connectivity index (χ1) is 8.88. The molecular weight excluding hydrogens is 216 g/mol. The van der Waals surface area contributed by atoms with Crippen molar-refractivity contribution in [1.29, 1.82) is 0 Å². The van der Waals surface area contributed by atoms with Gasteiger partial charge < -0.3 is 0 Å². The van der Waals surface area contributed by atoms with Crippen molar-refractivity contribution >= 4 is 0 Å². The highest BCUT2D eigenvalue weighted by Crippen LogP contribution is 2.44. The van der Waals surface area contributed by atoms with Gasteiger partial charge in [0.15, 0.2) is 0 Å². The molecule has 0 heteroatoms. The van der Waals surface area contributed by atoms with Crippen molar-refractivity contribution in [2.45, 2.75) is 32.1 Å². The van der Waals surface area contributed by atoms with Crippen LogP contribution in [0.5, 0.6) is 0 Å². The summed E-state index contributed by atoms with van der Waals surface area (Å²) in [6.45, 7) is 2.31. The van der Waals surface area contributed by atoms with Gasteiger partial charge in [0, 0.05) is 0 Å². The van der Waals surface area contributed by atoms with E-state index >= 15 is 0 Å². The SMILES string of the molecule is CC[C@H]1CC[C@H]1c1ccc(-c2ccccc2)cc1. The second kappa shape index (κ2) is 4.97. The molecule has 1 saturated carbocycles. The molecule has 0 aliphatic heterocycles. The lowest BCUT2D eigenvalue weighted by Gasteiger charge is -2.36. The average Bonchev–Trinajstić information content (AvgIpc) is 2.40. The van der Waals surface area contributed by atoms with Crippen LogP contribution in [-0.4, -0.2) is 0 Å². The molecule has 0 radical (unpaired) electrons. The summed E-state index contributed by atoms with van der Waals surface area (Å²) in [7, 11) is 0. The summed E-state index contributed by atoms with van der Waals surface area (Å²) in [4.78, 5) is 0. The normalized spacial score (nSPS) is 22.5. The van der Waals surface area contributed by atoms with Gasteiger partial charge in [0.1, 0.15) is 0 Å². The van der Waals surface area contributed by atoms with Gasteiger partial charge in [0.25, 0.3) is 0 Å². The van der Waals surface area contributed by atoms with Crippen LogP contribution < -0.4 is 0 Å². The predicted molar refractivity (Wildman–Crippen MR) is 77.6 cm³/mol. The van der Waals surface area contributed by atoms with E-state index in [9.17, 15) is 0 Å². The molecule has 1 aliphatic carbocycles. The maximum absolute atomic E-state index is 2.33. The molecule has 2 aromatic carbocycles. The van der Waals surface area contributed by atoms with Gasteiger partial charge in [-0.1, -0.05) is 67.9 Å². The molecule has 0 unspecified atom stereocenters. The first-order valence-corrected chi connectivity index (χ1v) is 7.04. The van der Waals surface area contributed by atoms with Gasteiger partial charge in [-0.15, -0.1) is 0 Å². The van der Waals surface area contributed by atoms with Gasteiger partial charge in [-0.05, 0) is 41.4 Å². The summed E-state index contributed by atoms with van der Waals surface area (Å²) in [6, 6.07) is 19.8. The Morgan fingerprint density at radius 3 is 2.06 bits per heavy atom. The lowest BCUT2D eigenvalue weighted by atomic mass is 9.69. The number of rotatable bonds is 3. The van der Waals surface area contributed by atoms with Gasteiger partial charge in [0.05, 0.1) is 0 Å². The fourth-order valence-electron chi connectivity index (χ4n) is 3.05. The van der Waals surface area contributed by atoms with Crippen molar-refractivity contribution in [2.75, 3.05) is 0 Å². The minimum absolute atomic E-state index is 0.819. The highest BCUT2D eigenvalue weighted by Gasteiger charge is 2.30. The Balaban J connectivity index is 1.81. The zero-order chi connectivity index (χ0) is 12.4. The zero-order valence-electron chi connectivity index (χ0n) is 11.0. The van der Waals surface area contributed by atoms with E-state index in [1.54, 1.807) is 0 Å². The lowest BCUT2D eigenvalue weighted by molar-refractivity contribution is 0.247. The molecule has 0 N–H and O–H groups in total. The highest BCUT2D eigenvalue weighted by atomic mass is 14.3. The van der Waals surface area contributed by atoms with Crippen molar-refractivity contribution in [3.8, 4) is 11.1 Å². The van der Waals surface area contributed by atoms with Crippen LogP contribution >= 0.6 is 0 Å². The van der Waals surface area contributed by atoms with E-state index in [0.717, 1.165) is 11.8 Å². The van der Waals surface area contributed by atoms with Crippen molar-refractivity contribution in [2.24, 2.45) is 5.92 Å². The molecule has 0 nitrogen and oxygen atoms in total. The summed E-state index contributed by atoms with van der Waals surface area (Å²) in [6.07, 6.45) is 4.12. The Morgan fingerprint density at radius 1 is 0.833 bits per heavy atom. The fourth-order valence-corrected chi connectivity index (χ4v) is 3.05. The largest absolute Gasteiger partial charge is 0.0651 e. The summed E-state index contributed by atoms with van der Waals surface area (Å²) in [5.74, 6) is 1.74. The summed E-state index contributed by atoms with van der Waals surface area (Å²) in [5, 5.41) is 0. The molecule has 0 saturated heterocycles. The first-order valence-electron chi connectivity index (χ1n) is 7.04. The molecule has 0 bridgehead atoms.